The largest absolute Gasteiger partial charge is 0.346 e. The van der Waals surface area contributed by atoms with E-state index in [0.717, 1.165) is 51.1 Å². The molecule has 118 valence electrons. The number of carbonyl (C=O) groups excluding carboxylic acids is 1. The fraction of sp³-hybridized carbons (Fsp3) is 0.941. The van der Waals surface area contributed by atoms with Crippen LogP contribution >= 0.6 is 0 Å². The molecule has 3 heteroatoms. The van der Waals surface area contributed by atoms with Gasteiger partial charge < -0.3 is 10.6 Å². The Balaban J connectivity index is 2.20. The Kier molecular flexibility index (Phi) is 8.92. The van der Waals surface area contributed by atoms with Crippen molar-refractivity contribution in [3.05, 3.63) is 0 Å². The molecule has 1 aliphatic rings. The van der Waals surface area contributed by atoms with Gasteiger partial charge in [0, 0.05) is 19.5 Å². The van der Waals surface area contributed by atoms with E-state index < -0.39 is 0 Å². The lowest BCUT2D eigenvalue weighted by Crippen LogP contribution is -2.35. The summed E-state index contributed by atoms with van der Waals surface area (Å²) in [5.74, 6) is 1.56. The summed E-state index contributed by atoms with van der Waals surface area (Å²) in [6, 6.07) is 0. The highest BCUT2D eigenvalue weighted by molar-refractivity contribution is 5.78. The van der Waals surface area contributed by atoms with Crippen molar-refractivity contribution < 1.29 is 4.79 Å². The minimum Gasteiger partial charge on any atom is -0.346 e. The van der Waals surface area contributed by atoms with E-state index in [1.807, 2.05) is 11.9 Å². The first-order valence-electron chi connectivity index (χ1n) is 8.64. The van der Waals surface area contributed by atoms with Gasteiger partial charge in [-0.15, -0.1) is 0 Å². The number of hydrogen-bond donors (Lipinski definition) is 1. The van der Waals surface area contributed by atoms with Gasteiger partial charge in [0.2, 0.25) is 5.91 Å². The highest BCUT2D eigenvalue weighted by atomic mass is 16.2. The summed E-state index contributed by atoms with van der Waals surface area (Å²) in [7, 11) is 1.97. The van der Waals surface area contributed by atoms with E-state index >= 15 is 0 Å². The lowest BCUT2D eigenvalue weighted by molar-refractivity contribution is -0.135. The summed E-state index contributed by atoms with van der Waals surface area (Å²) in [5.41, 5.74) is 5.49. The van der Waals surface area contributed by atoms with Crippen molar-refractivity contribution in [2.45, 2.75) is 71.1 Å². The van der Waals surface area contributed by atoms with E-state index in [4.69, 9.17) is 5.73 Å². The lowest BCUT2D eigenvalue weighted by Gasteiger charge is -2.30. The average Bonchev–Trinajstić information content (AvgIpc) is 2.49. The van der Waals surface area contributed by atoms with E-state index in [1.54, 1.807) is 0 Å². The molecular weight excluding hydrogens is 248 g/mol. The summed E-state index contributed by atoms with van der Waals surface area (Å²) in [6.45, 7) is 3.92. The number of carbonyl (C=O) groups is 1. The van der Waals surface area contributed by atoms with Crippen molar-refractivity contribution in [2.24, 2.45) is 17.6 Å². The Labute approximate surface area is 125 Å². The molecule has 0 heterocycles. The molecule has 0 aliphatic heterocycles. The van der Waals surface area contributed by atoms with Crippen molar-refractivity contribution in [1.29, 1.82) is 0 Å². The van der Waals surface area contributed by atoms with Crippen LogP contribution in [0.4, 0.5) is 0 Å². The number of hydrogen-bond acceptors (Lipinski definition) is 2. The van der Waals surface area contributed by atoms with Crippen molar-refractivity contribution in [3.8, 4) is 0 Å². The Morgan fingerprint density at radius 2 is 1.80 bits per heavy atom. The number of rotatable bonds is 9. The monoisotopic (exact) mass is 282 g/mol. The van der Waals surface area contributed by atoms with Gasteiger partial charge in [-0.05, 0) is 51.0 Å². The highest BCUT2D eigenvalue weighted by Crippen LogP contribution is 2.32. The molecule has 0 spiro atoms. The molecule has 3 nitrogen and oxygen atoms in total. The second kappa shape index (κ2) is 10.2. The van der Waals surface area contributed by atoms with Gasteiger partial charge in [-0.1, -0.05) is 32.6 Å². The first-order valence-corrected chi connectivity index (χ1v) is 8.64. The van der Waals surface area contributed by atoms with E-state index in [1.165, 1.54) is 32.1 Å². The second-order valence-electron chi connectivity index (χ2n) is 6.47. The molecule has 1 fully saturated rings. The normalized spacial score (nSPS) is 22.8. The number of nitrogens with zero attached hydrogens (tertiary/aromatic N) is 1. The minimum absolute atomic E-state index is 0.299. The summed E-state index contributed by atoms with van der Waals surface area (Å²) < 4.78 is 0. The van der Waals surface area contributed by atoms with Crippen LogP contribution in [-0.4, -0.2) is 30.9 Å². The fourth-order valence-corrected chi connectivity index (χ4v) is 3.28. The third-order valence-electron chi connectivity index (χ3n) is 4.74. The van der Waals surface area contributed by atoms with Gasteiger partial charge in [-0.3, -0.25) is 4.79 Å². The Bertz CT molecular complexity index is 260. The van der Waals surface area contributed by atoms with Gasteiger partial charge >= 0.3 is 0 Å². The van der Waals surface area contributed by atoms with Gasteiger partial charge in [-0.25, -0.2) is 0 Å². The van der Waals surface area contributed by atoms with E-state index in [2.05, 4.69) is 6.92 Å². The summed E-state index contributed by atoms with van der Waals surface area (Å²) >= 11 is 0. The van der Waals surface area contributed by atoms with Gasteiger partial charge in [0.15, 0.2) is 0 Å². The van der Waals surface area contributed by atoms with Crippen LogP contribution in [0.25, 0.3) is 0 Å². The average molecular weight is 282 g/mol. The highest BCUT2D eigenvalue weighted by Gasteiger charge is 2.27. The van der Waals surface area contributed by atoms with E-state index in [-0.39, 0.29) is 0 Å². The maximum Gasteiger partial charge on any atom is 0.225 e. The molecule has 2 N–H and O–H groups in total. The second-order valence-corrected chi connectivity index (χ2v) is 6.47. The third-order valence-corrected chi connectivity index (χ3v) is 4.74. The molecule has 0 bridgehead atoms. The zero-order valence-corrected chi connectivity index (χ0v) is 13.6. The molecule has 0 aromatic rings. The predicted octanol–water partition coefficient (Wildman–Crippen LogP) is 3.57. The minimum atomic E-state index is 0.299. The van der Waals surface area contributed by atoms with Gasteiger partial charge in [-0.2, -0.15) is 0 Å². The fourth-order valence-electron chi connectivity index (χ4n) is 3.28. The summed E-state index contributed by atoms with van der Waals surface area (Å²) in [5, 5.41) is 0. The lowest BCUT2D eigenvalue weighted by atomic mass is 9.79. The van der Waals surface area contributed by atoms with Crippen molar-refractivity contribution in [3.63, 3.8) is 0 Å². The smallest absolute Gasteiger partial charge is 0.225 e. The van der Waals surface area contributed by atoms with Gasteiger partial charge in [0.1, 0.15) is 0 Å². The molecule has 1 amide bonds. The maximum atomic E-state index is 12.4. The van der Waals surface area contributed by atoms with Gasteiger partial charge in [0.25, 0.3) is 0 Å². The van der Waals surface area contributed by atoms with Crippen LogP contribution in [0.1, 0.15) is 71.1 Å². The molecule has 0 unspecified atom stereocenters. The van der Waals surface area contributed by atoms with Crippen LogP contribution in [0.3, 0.4) is 0 Å². The first kappa shape index (κ1) is 17.5. The molecule has 1 aliphatic carbocycles. The molecule has 0 aromatic heterocycles. The molecule has 20 heavy (non-hydrogen) atoms. The quantitative estimate of drug-likeness (QED) is 0.657. The van der Waals surface area contributed by atoms with Crippen LogP contribution in [0, 0.1) is 11.8 Å². The number of amides is 1. The third kappa shape index (κ3) is 6.25. The number of unbranched alkanes of at least 4 members (excludes halogenated alkanes) is 3. The zero-order chi connectivity index (χ0) is 14.8. The number of nitrogens with two attached hydrogens (primary N) is 1. The van der Waals surface area contributed by atoms with Crippen LogP contribution in [0.5, 0.6) is 0 Å². The molecule has 0 atom stereocenters. The molecule has 0 radical (unpaired) electrons. The van der Waals surface area contributed by atoms with Crippen LogP contribution in [0.15, 0.2) is 0 Å². The zero-order valence-electron chi connectivity index (χ0n) is 13.6. The molecule has 0 saturated heterocycles. The molecule has 1 rings (SSSR count). The molecule has 0 aromatic carbocycles. The van der Waals surface area contributed by atoms with Crippen LogP contribution in [0.2, 0.25) is 0 Å². The predicted molar refractivity (Wildman–Crippen MR) is 85.5 cm³/mol. The Hall–Kier alpha value is -0.570. The van der Waals surface area contributed by atoms with E-state index in [9.17, 15) is 4.79 Å². The van der Waals surface area contributed by atoms with Crippen molar-refractivity contribution in [1.82, 2.24) is 4.90 Å². The summed E-state index contributed by atoms with van der Waals surface area (Å²) in [4.78, 5) is 14.3. The first-order chi connectivity index (χ1) is 9.69. The van der Waals surface area contributed by atoms with Gasteiger partial charge in [0.05, 0.1) is 0 Å². The Morgan fingerprint density at radius 3 is 2.40 bits per heavy atom. The van der Waals surface area contributed by atoms with Crippen LogP contribution < -0.4 is 5.73 Å². The van der Waals surface area contributed by atoms with E-state index in [0.29, 0.717) is 11.8 Å². The summed E-state index contributed by atoms with van der Waals surface area (Å²) in [6.07, 6.45) is 12.1. The van der Waals surface area contributed by atoms with Crippen molar-refractivity contribution in [2.75, 3.05) is 20.1 Å². The SMILES string of the molecule is CCCCC1CCC(C(=O)N(C)CCCCCN)CC1. The maximum absolute atomic E-state index is 12.4. The van der Waals surface area contributed by atoms with Crippen molar-refractivity contribution >= 4 is 5.91 Å². The topological polar surface area (TPSA) is 46.3 Å². The molecule has 1 saturated carbocycles. The standard InChI is InChI=1S/C17H34N2O/c1-3-4-8-15-9-11-16(12-10-15)17(20)19(2)14-7-5-6-13-18/h15-16H,3-14,18H2,1-2H3. The van der Waals surface area contributed by atoms with Crippen LogP contribution in [-0.2, 0) is 4.79 Å². The molecular formula is C17H34N2O. The Morgan fingerprint density at radius 1 is 1.10 bits per heavy atom.